The third kappa shape index (κ3) is 23.1. The second kappa shape index (κ2) is 36.5. The van der Waals surface area contributed by atoms with E-state index in [0.717, 1.165) is 78.9 Å². The SMILES string of the molecule is Nc1c(N=Nc2ccc(S(=O)(=O)CCOS(=O)(=O)O)cc2)c(S(=O)(=O)[O-])cc2cc(S(=O)(=O)[O-])c(N=Nc3ccc(C(=O)Nc4ccc(S(=O)(=O)[O-])c(N=Nc5c(S(=O)(=O)O)cc6cc(S(=O)(=O)[O-])c(N=Nc7ccc(S(=O)(=O)CCO)cc7)c(N)c6c5[O-])c4)cc3)c([O-])c12.[Na+].[Na+].[Na+].[Na+].[Na+].[Na+]. The molecule has 0 radical (unpaired) electrons. The first-order valence-corrected chi connectivity index (χ1v) is 36.8. The Balaban J connectivity index is 0.00000578. The van der Waals surface area contributed by atoms with Crippen LogP contribution in [-0.2, 0) is 84.8 Å². The molecule has 1 amide bonds. The van der Waals surface area contributed by atoms with Gasteiger partial charge in [-0.05, 0) is 126 Å². The molecule has 502 valence electrons. The summed E-state index contributed by atoms with van der Waals surface area (Å²) in [6.07, 6.45) is 0. The molecule has 0 aliphatic rings. The van der Waals surface area contributed by atoms with E-state index in [4.69, 9.17) is 21.1 Å². The zero-order chi connectivity index (χ0) is 70.3. The number of fused-ring (bicyclic) bond motifs is 2. The van der Waals surface area contributed by atoms with Gasteiger partial charge in [0.2, 0.25) is 0 Å². The first-order chi connectivity index (χ1) is 43.9. The summed E-state index contributed by atoms with van der Waals surface area (Å²) in [7, 11) is -41.4. The third-order valence-electron chi connectivity index (χ3n) is 12.7. The molecule has 38 nitrogen and oxygen atoms in total. The van der Waals surface area contributed by atoms with Crippen LogP contribution in [-0.4, -0.2) is 130 Å². The molecule has 101 heavy (non-hydrogen) atoms. The van der Waals surface area contributed by atoms with Crippen LogP contribution < -0.4 is 204 Å². The number of nitrogens with one attached hydrogen (secondary N) is 1. The van der Waals surface area contributed by atoms with Crippen molar-refractivity contribution >= 4 is 171 Å². The van der Waals surface area contributed by atoms with Gasteiger partial charge >= 0.3 is 188 Å². The number of hydrogen-bond donors (Lipinski definition) is 6. The first kappa shape index (κ1) is 93.7. The summed E-state index contributed by atoms with van der Waals surface area (Å²) in [4.78, 5) is 6.15. The molecule has 0 aliphatic carbocycles. The number of nitrogens with zero attached hydrogens (tertiary/aromatic N) is 8. The molecule has 8 N–H and O–H groups in total. The predicted molar refractivity (Wildman–Crippen MR) is 316 cm³/mol. The molecule has 0 bridgehead atoms. The number of aliphatic hydroxyl groups excluding tert-OH is 1. The summed E-state index contributed by atoms with van der Waals surface area (Å²) < 4.78 is 269. The topological polar surface area (TPSA) is 661 Å². The number of rotatable bonds is 23. The van der Waals surface area contributed by atoms with Crippen LogP contribution in [0.2, 0.25) is 0 Å². The summed E-state index contributed by atoms with van der Waals surface area (Å²) in [5.41, 5.74) is 3.30. The summed E-state index contributed by atoms with van der Waals surface area (Å²) in [5.74, 6) is -5.77. The zero-order valence-corrected chi connectivity index (χ0v) is 71.0. The molecule has 0 spiro atoms. The van der Waals surface area contributed by atoms with Crippen LogP contribution in [0.25, 0.3) is 21.5 Å². The molecule has 0 unspecified atom stereocenters. The minimum absolute atomic E-state index is 0. The normalized spacial score (nSPS) is 12.5. The second-order valence-corrected chi connectivity index (χ2v) is 31.0. The van der Waals surface area contributed by atoms with Gasteiger partial charge in [-0.15, -0.1) is 25.6 Å². The molecule has 8 rings (SSSR count). The van der Waals surface area contributed by atoms with E-state index in [0.29, 0.717) is 36.4 Å². The average Bonchev–Trinajstić information content (AvgIpc) is 0.745. The smallest absolute Gasteiger partial charge is 0.870 e. The van der Waals surface area contributed by atoms with Gasteiger partial charge in [0.1, 0.15) is 62.4 Å². The van der Waals surface area contributed by atoms with Crippen LogP contribution in [0.1, 0.15) is 10.4 Å². The molecule has 8 aromatic rings. The number of carbonyl (C=O) groups excluding carboxylic acids is 1. The number of azo groups is 4. The van der Waals surface area contributed by atoms with Crippen molar-refractivity contribution in [1.82, 2.24) is 0 Å². The summed E-state index contributed by atoms with van der Waals surface area (Å²) in [6, 6.07) is 16.0. The fourth-order valence-electron chi connectivity index (χ4n) is 8.39. The molecule has 0 aliphatic heterocycles. The minimum Gasteiger partial charge on any atom is -0.870 e. The van der Waals surface area contributed by atoms with E-state index < -0.39 is 219 Å². The monoisotopic (exact) mass is 1600 g/mol. The van der Waals surface area contributed by atoms with E-state index in [1.165, 1.54) is 0 Å². The second-order valence-electron chi connectivity index (χ2n) is 18.9. The van der Waals surface area contributed by atoms with E-state index in [9.17, 15) is 105 Å². The van der Waals surface area contributed by atoms with E-state index in [1.54, 1.807) is 0 Å². The Morgan fingerprint density at radius 3 is 1.16 bits per heavy atom. The Morgan fingerprint density at radius 1 is 0.436 bits per heavy atom. The molecule has 0 saturated carbocycles. The summed E-state index contributed by atoms with van der Waals surface area (Å²) in [5, 5.41) is 65.6. The van der Waals surface area contributed by atoms with Crippen molar-refractivity contribution in [3.05, 3.63) is 121 Å². The quantitative estimate of drug-likeness (QED) is 0.0150. The van der Waals surface area contributed by atoms with Gasteiger partial charge < -0.3 is 50.3 Å². The largest absolute Gasteiger partial charge is 1.00 e. The van der Waals surface area contributed by atoms with Gasteiger partial charge in [0.05, 0.1) is 93.9 Å². The number of benzene rings is 8. The summed E-state index contributed by atoms with van der Waals surface area (Å²) >= 11 is 0. The van der Waals surface area contributed by atoms with Crippen LogP contribution in [0, 0.1) is 0 Å². The Morgan fingerprint density at radius 2 is 0.782 bits per heavy atom. The van der Waals surface area contributed by atoms with Gasteiger partial charge in [-0.25, -0.2) is 54.7 Å². The van der Waals surface area contributed by atoms with Gasteiger partial charge in [0.15, 0.2) is 19.7 Å². The van der Waals surface area contributed by atoms with Crippen molar-refractivity contribution in [3.8, 4) is 11.5 Å². The number of amides is 1. The Labute approximate surface area is 705 Å². The van der Waals surface area contributed by atoms with Gasteiger partial charge in [-0.3, -0.25) is 13.9 Å². The maximum Gasteiger partial charge on any atom is 1.00 e. The average molecular weight is 1600 g/mol. The van der Waals surface area contributed by atoms with E-state index >= 15 is 0 Å². The number of hydrogen-bond acceptors (Lipinski definition) is 35. The number of nitrogen functional groups attached to an aromatic ring is 2. The van der Waals surface area contributed by atoms with Crippen molar-refractivity contribution in [3.63, 3.8) is 0 Å². The Kier molecular flexibility index (Phi) is 33.9. The zero-order valence-electron chi connectivity index (χ0n) is 52.4. The fourth-order valence-corrected chi connectivity index (χ4v) is 14.1. The van der Waals surface area contributed by atoms with Crippen LogP contribution in [0.3, 0.4) is 0 Å². The van der Waals surface area contributed by atoms with Gasteiger partial charge in [0.25, 0.3) is 16.0 Å². The third-order valence-corrected chi connectivity index (χ3v) is 20.9. The van der Waals surface area contributed by atoms with Crippen LogP contribution in [0.15, 0.2) is 190 Å². The predicted octanol–water partition coefficient (Wildman–Crippen LogP) is -13.5. The number of anilines is 3. The van der Waals surface area contributed by atoms with Crippen LogP contribution in [0.5, 0.6) is 11.5 Å². The van der Waals surface area contributed by atoms with Gasteiger partial charge in [0, 0.05) is 22.0 Å². The van der Waals surface area contributed by atoms with E-state index in [2.05, 4.69) is 50.4 Å². The van der Waals surface area contributed by atoms with E-state index in [-0.39, 0.29) is 205 Å². The van der Waals surface area contributed by atoms with E-state index in [1.807, 2.05) is 0 Å². The maximum atomic E-state index is 14.1. The molecular formula is C49H35N11Na6O27S8. The van der Waals surface area contributed by atoms with Crippen LogP contribution in [0.4, 0.5) is 62.6 Å². The Hall–Kier alpha value is -3.37. The molecule has 52 heteroatoms. The molecule has 0 aromatic heterocycles. The molecule has 0 fully saturated rings. The Bertz CT molecular complexity index is 5660. The van der Waals surface area contributed by atoms with Crippen molar-refractivity contribution < 1.29 is 296 Å². The van der Waals surface area contributed by atoms with Crippen molar-refractivity contribution in [2.45, 2.75) is 34.3 Å². The maximum absolute atomic E-state index is 14.1. The number of nitrogens with two attached hydrogens (primary N) is 2. The van der Waals surface area contributed by atoms with Crippen molar-refractivity contribution in [1.29, 1.82) is 0 Å². The number of carbonyl (C=O) groups is 1. The number of aliphatic hydroxyl groups is 1. The van der Waals surface area contributed by atoms with Gasteiger partial charge in [-0.2, -0.15) is 32.2 Å². The summed E-state index contributed by atoms with van der Waals surface area (Å²) in [6.45, 7) is -1.69. The molecule has 0 heterocycles. The molecule has 8 aromatic carbocycles. The molecular weight excluding hydrogens is 1570 g/mol. The van der Waals surface area contributed by atoms with Gasteiger partial charge in [-0.1, -0.05) is 11.5 Å². The minimum atomic E-state index is -5.73. The van der Waals surface area contributed by atoms with Crippen molar-refractivity contribution in [2.24, 2.45) is 40.9 Å². The number of sulfone groups is 2. The first-order valence-electron chi connectivity index (χ1n) is 25.0. The fraction of sp³-hybridized carbons (Fsp3) is 0.0816. The van der Waals surface area contributed by atoms with Crippen LogP contribution >= 0.6 is 0 Å². The standard InChI is InChI=1S/C49H41N11O27S8.6Na/c50-41-39-25(19-35(91(72,73)74)43(41)57-54-29-7-12-32(13-8-29)89(67,68)18-16-87-95(84,85)86)21-37(93(78,79)80)45(47(39)62)59-55-27-3-1-24(2-4-27)49(64)52-30-9-14-34(90(69,70)71)33(23-30)56-60-46-38(94(81,82)83)22-26-20-36(92(75,76)77)44(42(51)40(26)48(46)63)58-53-28-5-10-31(11-6-28)88(65,66)17-15-61;;;;;;/h1-14,19-23,61-63H,15-18,50-51H2,(H,52,64)(H,69,70,71)(H,72,73,74)(H,75,76,77)(H,78,79,80)(H,81,82,83)(H,84,85,86);;;;;;/q;6*+1/p-6. The van der Waals surface area contributed by atoms with Crippen molar-refractivity contribution in [2.75, 3.05) is 41.5 Å². The molecule has 0 saturated heterocycles. The molecule has 0 atom stereocenters.